The molecule has 0 fully saturated rings. The molecule has 1 aromatic heterocycles. The molecule has 0 aliphatic rings. The fourth-order valence-electron chi connectivity index (χ4n) is 1.66. The van der Waals surface area contributed by atoms with Crippen molar-refractivity contribution in [1.29, 1.82) is 0 Å². The van der Waals surface area contributed by atoms with Crippen LogP contribution in [-0.2, 0) is 13.1 Å². The second-order valence-corrected chi connectivity index (χ2v) is 4.53. The first-order chi connectivity index (χ1) is 8.60. The number of aryl methyl sites for hydroxylation is 1. The van der Waals surface area contributed by atoms with E-state index < -0.39 is 0 Å². The van der Waals surface area contributed by atoms with Crippen molar-refractivity contribution in [3.8, 4) is 0 Å². The molecule has 0 aliphatic carbocycles. The molecule has 0 saturated carbocycles. The van der Waals surface area contributed by atoms with Crippen LogP contribution in [0.1, 0.15) is 16.8 Å². The van der Waals surface area contributed by atoms with E-state index in [-0.39, 0.29) is 5.56 Å². The van der Waals surface area contributed by atoms with Crippen LogP contribution in [-0.4, -0.2) is 9.55 Å². The third-order valence-electron chi connectivity index (χ3n) is 2.71. The Bertz CT molecular complexity index is 622. The summed E-state index contributed by atoms with van der Waals surface area (Å²) in [7, 11) is 0. The molecule has 0 radical (unpaired) electrons. The Morgan fingerprint density at radius 2 is 2.17 bits per heavy atom. The van der Waals surface area contributed by atoms with E-state index in [1.165, 1.54) is 17.0 Å². The molecule has 0 atom stereocenters. The van der Waals surface area contributed by atoms with Gasteiger partial charge in [-0.2, -0.15) is 0 Å². The van der Waals surface area contributed by atoms with Crippen molar-refractivity contribution in [3.63, 3.8) is 0 Å². The van der Waals surface area contributed by atoms with Gasteiger partial charge in [0, 0.05) is 23.3 Å². The van der Waals surface area contributed by atoms with Gasteiger partial charge in [-0.25, -0.2) is 4.98 Å². The zero-order chi connectivity index (χ0) is 13.1. The first kappa shape index (κ1) is 12.8. The molecule has 94 valence electrons. The first-order valence-corrected chi connectivity index (χ1v) is 5.98. The molecular formula is C13H14ClN3O. The number of nitrogens with two attached hydrogens (primary N) is 1. The lowest BCUT2D eigenvalue weighted by molar-refractivity contribution is 0.730. The molecule has 5 heteroatoms. The quantitative estimate of drug-likeness (QED) is 0.917. The minimum absolute atomic E-state index is 0.0820. The van der Waals surface area contributed by atoms with E-state index in [1.54, 1.807) is 6.92 Å². The lowest BCUT2D eigenvalue weighted by atomic mass is 10.1. The van der Waals surface area contributed by atoms with Crippen molar-refractivity contribution in [2.24, 2.45) is 5.73 Å². The molecule has 4 nitrogen and oxygen atoms in total. The van der Waals surface area contributed by atoms with Crippen molar-refractivity contribution in [3.05, 3.63) is 62.8 Å². The zero-order valence-electron chi connectivity index (χ0n) is 10.1. The highest BCUT2D eigenvalue weighted by Crippen LogP contribution is 2.18. The second-order valence-electron chi connectivity index (χ2n) is 4.13. The topological polar surface area (TPSA) is 60.9 Å². The number of nitrogens with zero attached hydrogens (tertiary/aromatic N) is 2. The molecule has 0 spiro atoms. The van der Waals surface area contributed by atoms with E-state index in [9.17, 15) is 4.79 Å². The summed E-state index contributed by atoms with van der Waals surface area (Å²) in [6, 6.07) is 7.12. The van der Waals surface area contributed by atoms with Crippen LogP contribution in [0, 0.1) is 6.92 Å². The van der Waals surface area contributed by atoms with Gasteiger partial charge in [0.2, 0.25) is 0 Å². The third-order valence-corrected chi connectivity index (χ3v) is 3.06. The SMILES string of the molecule is Cc1cc(=O)n(Cc2ccc(CN)cc2Cl)cn1. The van der Waals surface area contributed by atoms with Gasteiger partial charge in [-0.1, -0.05) is 23.7 Å². The Labute approximate surface area is 110 Å². The van der Waals surface area contributed by atoms with Crippen LogP contribution < -0.4 is 11.3 Å². The number of rotatable bonds is 3. The predicted octanol–water partition coefficient (Wildman–Crippen LogP) is 1.71. The zero-order valence-corrected chi connectivity index (χ0v) is 10.8. The summed E-state index contributed by atoms with van der Waals surface area (Å²) in [4.78, 5) is 15.8. The van der Waals surface area contributed by atoms with Crippen LogP contribution in [0.2, 0.25) is 5.02 Å². The Morgan fingerprint density at radius 1 is 1.39 bits per heavy atom. The van der Waals surface area contributed by atoms with E-state index in [2.05, 4.69) is 4.98 Å². The van der Waals surface area contributed by atoms with E-state index in [0.29, 0.717) is 23.8 Å². The van der Waals surface area contributed by atoms with Gasteiger partial charge in [0.05, 0.1) is 12.9 Å². The molecule has 18 heavy (non-hydrogen) atoms. The van der Waals surface area contributed by atoms with Crippen molar-refractivity contribution >= 4 is 11.6 Å². The highest BCUT2D eigenvalue weighted by molar-refractivity contribution is 6.31. The van der Waals surface area contributed by atoms with E-state index in [0.717, 1.165) is 11.1 Å². The molecule has 0 unspecified atom stereocenters. The van der Waals surface area contributed by atoms with Gasteiger partial charge < -0.3 is 5.73 Å². The van der Waals surface area contributed by atoms with Gasteiger partial charge in [0.15, 0.2) is 0 Å². The fraction of sp³-hybridized carbons (Fsp3) is 0.231. The number of aromatic nitrogens is 2. The summed E-state index contributed by atoms with van der Waals surface area (Å²) < 4.78 is 1.52. The van der Waals surface area contributed by atoms with Gasteiger partial charge in [0.1, 0.15) is 0 Å². The molecule has 1 heterocycles. The maximum atomic E-state index is 11.7. The summed E-state index contributed by atoms with van der Waals surface area (Å²) in [5.41, 5.74) is 8.01. The minimum Gasteiger partial charge on any atom is -0.326 e. The smallest absolute Gasteiger partial charge is 0.253 e. The average Bonchev–Trinajstić information content (AvgIpc) is 2.34. The van der Waals surface area contributed by atoms with Gasteiger partial charge in [0.25, 0.3) is 5.56 Å². The van der Waals surface area contributed by atoms with Gasteiger partial charge in [-0.3, -0.25) is 9.36 Å². The van der Waals surface area contributed by atoms with Crippen LogP contribution in [0.4, 0.5) is 0 Å². The molecule has 2 N–H and O–H groups in total. The Balaban J connectivity index is 2.31. The molecular weight excluding hydrogens is 250 g/mol. The number of hydrogen-bond acceptors (Lipinski definition) is 3. The lowest BCUT2D eigenvalue weighted by Crippen LogP contribution is -2.20. The largest absolute Gasteiger partial charge is 0.326 e. The summed E-state index contributed by atoms with van der Waals surface area (Å²) in [5, 5.41) is 0.616. The minimum atomic E-state index is -0.0820. The molecule has 2 aromatic rings. The summed E-state index contributed by atoms with van der Waals surface area (Å²) in [6.07, 6.45) is 1.53. The number of halogens is 1. The number of benzene rings is 1. The van der Waals surface area contributed by atoms with Crippen molar-refractivity contribution in [2.45, 2.75) is 20.0 Å². The highest BCUT2D eigenvalue weighted by atomic mass is 35.5. The third kappa shape index (κ3) is 2.78. The standard InChI is InChI=1S/C13H14ClN3O/c1-9-4-13(18)17(8-16-9)7-11-3-2-10(6-15)5-12(11)14/h2-5,8H,6-7,15H2,1H3. The molecule has 1 aromatic carbocycles. The van der Waals surface area contributed by atoms with Crippen LogP contribution in [0.3, 0.4) is 0 Å². The van der Waals surface area contributed by atoms with Crippen LogP contribution in [0.5, 0.6) is 0 Å². The van der Waals surface area contributed by atoms with Crippen molar-refractivity contribution in [2.75, 3.05) is 0 Å². The van der Waals surface area contributed by atoms with E-state index in [4.69, 9.17) is 17.3 Å². The fourth-order valence-corrected chi connectivity index (χ4v) is 1.93. The summed E-state index contributed by atoms with van der Waals surface area (Å²) in [6.45, 7) is 2.65. The van der Waals surface area contributed by atoms with Gasteiger partial charge in [-0.05, 0) is 24.1 Å². The summed E-state index contributed by atoms with van der Waals surface area (Å²) >= 11 is 6.15. The maximum absolute atomic E-state index is 11.7. The van der Waals surface area contributed by atoms with Crippen LogP contribution in [0.15, 0.2) is 35.4 Å². The van der Waals surface area contributed by atoms with Crippen molar-refractivity contribution < 1.29 is 0 Å². The molecule has 0 aliphatic heterocycles. The van der Waals surface area contributed by atoms with E-state index in [1.807, 2.05) is 18.2 Å². The Morgan fingerprint density at radius 3 is 2.78 bits per heavy atom. The second kappa shape index (κ2) is 5.33. The summed E-state index contributed by atoms with van der Waals surface area (Å²) in [5.74, 6) is 0. The van der Waals surface area contributed by atoms with Crippen molar-refractivity contribution in [1.82, 2.24) is 9.55 Å². The lowest BCUT2D eigenvalue weighted by Gasteiger charge is -2.08. The number of hydrogen-bond donors (Lipinski definition) is 1. The molecule has 0 bridgehead atoms. The highest BCUT2D eigenvalue weighted by Gasteiger charge is 2.04. The molecule has 2 rings (SSSR count). The van der Waals surface area contributed by atoms with Crippen LogP contribution in [0.25, 0.3) is 0 Å². The maximum Gasteiger partial charge on any atom is 0.253 e. The molecule has 0 saturated heterocycles. The predicted molar refractivity (Wildman–Crippen MR) is 71.7 cm³/mol. The van der Waals surface area contributed by atoms with Gasteiger partial charge >= 0.3 is 0 Å². The first-order valence-electron chi connectivity index (χ1n) is 5.60. The monoisotopic (exact) mass is 263 g/mol. The Kier molecular flexibility index (Phi) is 3.79. The van der Waals surface area contributed by atoms with E-state index >= 15 is 0 Å². The normalized spacial score (nSPS) is 10.6. The van der Waals surface area contributed by atoms with Gasteiger partial charge in [-0.15, -0.1) is 0 Å². The Hall–Kier alpha value is -1.65. The molecule has 0 amide bonds. The average molecular weight is 264 g/mol. The van der Waals surface area contributed by atoms with Crippen LogP contribution >= 0.6 is 11.6 Å².